The molecule has 4 rings (SSSR count). The summed E-state index contributed by atoms with van der Waals surface area (Å²) in [7, 11) is 0. The molecule has 1 aromatic carbocycles. The van der Waals surface area contributed by atoms with Gasteiger partial charge in [0, 0.05) is 15.8 Å². The number of nitrogen functional groups attached to an aromatic ring is 1. The molecule has 5 heteroatoms. The predicted molar refractivity (Wildman–Crippen MR) is 95.4 cm³/mol. The van der Waals surface area contributed by atoms with Gasteiger partial charge in [0.2, 0.25) is 0 Å². The number of thiazole rings is 1. The van der Waals surface area contributed by atoms with Gasteiger partial charge in [-0.3, -0.25) is 0 Å². The van der Waals surface area contributed by atoms with Crippen LogP contribution in [0.25, 0.3) is 31.2 Å². The summed E-state index contributed by atoms with van der Waals surface area (Å²) >= 11 is 5.06. The average Bonchev–Trinajstić information content (AvgIpc) is 3.15. The molecule has 2 N–H and O–H groups in total. The zero-order chi connectivity index (χ0) is 14.4. The summed E-state index contributed by atoms with van der Waals surface area (Å²) in [6.07, 6.45) is 0. The van der Waals surface area contributed by atoms with Crippen LogP contribution in [0, 0.1) is 6.92 Å². The normalized spacial score (nSPS) is 11.3. The number of benzene rings is 1. The molecule has 0 aliphatic carbocycles. The van der Waals surface area contributed by atoms with Gasteiger partial charge < -0.3 is 5.73 Å². The van der Waals surface area contributed by atoms with E-state index < -0.39 is 0 Å². The zero-order valence-electron chi connectivity index (χ0n) is 11.3. The second kappa shape index (κ2) is 4.94. The molecule has 3 aromatic heterocycles. The van der Waals surface area contributed by atoms with Crippen LogP contribution in [0.15, 0.2) is 41.1 Å². The van der Waals surface area contributed by atoms with E-state index in [0.29, 0.717) is 0 Å². The zero-order valence-corrected chi connectivity index (χ0v) is 13.7. The number of anilines is 1. The van der Waals surface area contributed by atoms with E-state index >= 15 is 0 Å². The first-order valence-electron chi connectivity index (χ1n) is 6.51. The molecule has 0 saturated carbocycles. The average molecular weight is 328 g/mol. The summed E-state index contributed by atoms with van der Waals surface area (Å²) in [4.78, 5) is 6.06. The molecule has 0 fully saturated rings. The first-order valence-corrected chi connectivity index (χ1v) is 9.09. The van der Waals surface area contributed by atoms with Crippen LogP contribution < -0.4 is 5.73 Å². The Kier molecular flexibility index (Phi) is 3.06. The molecule has 0 unspecified atom stereocenters. The number of fused-ring (bicyclic) bond motifs is 1. The third kappa shape index (κ3) is 2.09. The van der Waals surface area contributed by atoms with Crippen molar-refractivity contribution in [2.24, 2.45) is 0 Å². The fraction of sp³-hybridized carbons (Fsp3) is 0.0625. The van der Waals surface area contributed by atoms with Crippen molar-refractivity contribution in [1.29, 1.82) is 0 Å². The summed E-state index contributed by atoms with van der Waals surface area (Å²) in [5.74, 6) is 0. The quantitative estimate of drug-likeness (QED) is 0.517. The van der Waals surface area contributed by atoms with Gasteiger partial charge in [0.15, 0.2) is 0 Å². The minimum atomic E-state index is 0.844. The fourth-order valence-electron chi connectivity index (χ4n) is 2.39. The molecule has 0 spiro atoms. The lowest BCUT2D eigenvalue weighted by Gasteiger charge is -2.01. The molecule has 21 heavy (non-hydrogen) atoms. The van der Waals surface area contributed by atoms with E-state index in [1.165, 1.54) is 20.7 Å². The Morgan fingerprint density at radius 1 is 1.10 bits per heavy atom. The van der Waals surface area contributed by atoms with Crippen molar-refractivity contribution in [2.45, 2.75) is 6.92 Å². The third-order valence-electron chi connectivity index (χ3n) is 3.43. The van der Waals surface area contributed by atoms with Gasteiger partial charge in [-0.2, -0.15) is 0 Å². The van der Waals surface area contributed by atoms with Crippen LogP contribution in [0.3, 0.4) is 0 Å². The number of aromatic nitrogens is 1. The SMILES string of the molecule is Cc1ccsc1-c1csc(N)c1-c1nc2ccccc2s1. The Morgan fingerprint density at radius 3 is 2.71 bits per heavy atom. The summed E-state index contributed by atoms with van der Waals surface area (Å²) in [5, 5.41) is 6.13. The number of rotatable bonds is 2. The van der Waals surface area contributed by atoms with Crippen molar-refractivity contribution in [1.82, 2.24) is 4.98 Å². The number of hydrogen-bond acceptors (Lipinski definition) is 5. The summed E-state index contributed by atoms with van der Waals surface area (Å²) in [5.41, 5.74) is 10.9. The highest BCUT2D eigenvalue weighted by atomic mass is 32.1. The molecule has 4 aromatic rings. The molecule has 0 amide bonds. The number of aryl methyl sites for hydroxylation is 1. The molecule has 0 radical (unpaired) electrons. The van der Waals surface area contributed by atoms with E-state index in [0.717, 1.165) is 21.1 Å². The highest BCUT2D eigenvalue weighted by Gasteiger charge is 2.18. The Balaban J connectivity index is 1.96. The predicted octanol–water partition coefficient (Wildman–Crippen LogP) is 5.64. The van der Waals surface area contributed by atoms with Gasteiger partial charge in [0.1, 0.15) is 5.01 Å². The van der Waals surface area contributed by atoms with Gasteiger partial charge in [-0.05, 0) is 36.1 Å². The van der Waals surface area contributed by atoms with Gasteiger partial charge in [0.05, 0.1) is 20.8 Å². The number of nitrogens with zero attached hydrogens (tertiary/aromatic N) is 1. The van der Waals surface area contributed by atoms with E-state index in [1.807, 2.05) is 18.2 Å². The smallest absolute Gasteiger partial charge is 0.128 e. The molecule has 0 aliphatic heterocycles. The van der Waals surface area contributed by atoms with Crippen LogP contribution in [0.4, 0.5) is 5.00 Å². The molecule has 0 atom stereocenters. The second-order valence-electron chi connectivity index (χ2n) is 4.81. The van der Waals surface area contributed by atoms with E-state index in [4.69, 9.17) is 10.7 Å². The lowest BCUT2D eigenvalue weighted by molar-refractivity contribution is 1.48. The minimum absolute atomic E-state index is 0.844. The molecule has 0 saturated heterocycles. The summed E-state index contributed by atoms with van der Waals surface area (Å²) in [6.45, 7) is 2.14. The highest BCUT2D eigenvalue weighted by Crippen LogP contribution is 2.45. The van der Waals surface area contributed by atoms with Crippen LogP contribution in [0.1, 0.15) is 5.56 Å². The molecule has 2 nitrogen and oxygen atoms in total. The first kappa shape index (κ1) is 13.0. The van der Waals surface area contributed by atoms with Crippen LogP contribution in [0.2, 0.25) is 0 Å². The molecule has 3 heterocycles. The van der Waals surface area contributed by atoms with Crippen molar-refractivity contribution in [3.63, 3.8) is 0 Å². The first-order chi connectivity index (χ1) is 10.2. The van der Waals surface area contributed by atoms with Gasteiger partial charge >= 0.3 is 0 Å². The topological polar surface area (TPSA) is 38.9 Å². The number of hydrogen-bond donors (Lipinski definition) is 1. The summed E-state index contributed by atoms with van der Waals surface area (Å²) in [6, 6.07) is 10.4. The van der Waals surface area contributed by atoms with Crippen molar-refractivity contribution in [2.75, 3.05) is 5.73 Å². The Labute approximate surface area is 134 Å². The maximum absolute atomic E-state index is 6.24. The minimum Gasteiger partial charge on any atom is -0.390 e. The fourth-order valence-corrected chi connectivity index (χ4v) is 5.32. The highest BCUT2D eigenvalue weighted by molar-refractivity contribution is 7.23. The Morgan fingerprint density at radius 2 is 1.95 bits per heavy atom. The van der Waals surface area contributed by atoms with Gasteiger partial charge in [0.25, 0.3) is 0 Å². The standard InChI is InChI=1S/C16H12N2S3/c1-9-6-7-19-14(9)10-8-20-15(17)13(10)16-18-11-4-2-3-5-12(11)21-16/h2-8H,17H2,1H3. The van der Waals surface area contributed by atoms with Gasteiger partial charge in [-0.25, -0.2) is 4.98 Å². The van der Waals surface area contributed by atoms with Gasteiger partial charge in [-0.1, -0.05) is 12.1 Å². The van der Waals surface area contributed by atoms with E-state index in [-0.39, 0.29) is 0 Å². The van der Waals surface area contributed by atoms with Crippen molar-refractivity contribution in [3.05, 3.63) is 46.7 Å². The molecule has 0 aliphatic rings. The van der Waals surface area contributed by atoms with E-state index in [9.17, 15) is 0 Å². The number of nitrogens with two attached hydrogens (primary N) is 1. The van der Waals surface area contributed by atoms with Crippen molar-refractivity contribution < 1.29 is 0 Å². The largest absolute Gasteiger partial charge is 0.390 e. The maximum atomic E-state index is 6.24. The monoisotopic (exact) mass is 328 g/mol. The van der Waals surface area contributed by atoms with Crippen LogP contribution in [-0.2, 0) is 0 Å². The van der Waals surface area contributed by atoms with E-state index in [2.05, 4.69) is 29.8 Å². The van der Waals surface area contributed by atoms with Crippen LogP contribution >= 0.6 is 34.0 Å². The lowest BCUT2D eigenvalue weighted by atomic mass is 10.1. The summed E-state index contributed by atoms with van der Waals surface area (Å²) < 4.78 is 1.20. The van der Waals surface area contributed by atoms with Crippen LogP contribution in [0.5, 0.6) is 0 Å². The molecule has 104 valence electrons. The number of para-hydroxylation sites is 1. The maximum Gasteiger partial charge on any atom is 0.128 e. The Bertz CT molecular complexity index is 897. The lowest BCUT2D eigenvalue weighted by Crippen LogP contribution is -1.85. The van der Waals surface area contributed by atoms with Crippen LogP contribution in [-0.4, -0.2) is 4.98 Å². The molecule has 0 bridgehead atoms. The van der Waals surface area contributed by atoms with Crippen molar-refractivity contribution >= 4 is 49.2 Å². The molecular formula is C16H12N2S3. The van der Waals surface area contributed by atoms with E-state index in [1.54, 1.807) is 34.0 Å². The second-order valence-corrected chi connectivity index (χ2v) is 7.67. The third-order valence-corrected chi connectivity index (χ3v) is 6.35. The van der Waals surface area contributed by atoms with Crippen molar-refractivity contribution in [3.8, 4) is 21.0 Å². The molecular weight excluding hydrogens is 316 g/mol. The number of thiophene rings is 2. The van der Waals surface area contributed by atoms with Gasteiger partial charge in [-0.15, -0.1) is 34.0 Å². The Hall–Kier alpha value is -1.69.